The summed E-state index contributed by atoms with van der Waals surface area (Å²) >= 11 is 45.3. The van der Waals surface area contributed by atoms with Crippen LogP contribution < -0.4 is 52.9 Å². The van der Waals surface area contributed by atoms with Crippen LogP contribution in [-0.2, 0) is 64.7 Å². The molecule has 734 valence electrons. The van der Waals surface area contributed by atoms with Crippen LogP contribution in [0.25, 0.3) is 55.0 Å². The molecule has 0 fully saturated rings. The van der Waals surface area contributed by atoms with Crippen LogP contribution in [0, 0.1) is 7.85 Å². The van der Waals surface area contributed by atoms with Gasteiger partial charge in [0.05, 0.1) is 29.4 Å². The Morgan fingerprint density at radius 1 is 0.500 bits per heavy atom. The number of fused-ring (bicyclic) bond motifs is 6. The number of rotatable bonds is 19. The number of alkyl halides is 7. The molecular formula is C88H146Cl4I9N25Si2V2-2. The molecule has 0 bridgehead atoms. The van der Waals surface area contributed by atoms with Crippen LogP contribution in [0.3, 0.4) is 0 Å². The maximum Gasteiger partial charge on any atom is 0.226 e. The summed E-state index contributed by atoms with van der Waals surface area (Å²) in [4.78, 5) is 61.9. The Morgan fingerprint density at radius 3 is 1.22 bits per heavy atom. The summed E-state index contributed by atoms with van der Waals surface area (Å²) in [7, 11) is 4.60. The largest absolute Gasteiger partial charge is 0.399 e. The molecule has 10 aromatic heterocycles. The number of hydrogen-bond donors (Lipinski definition) is 11. The maximum absolute atomic E-state index is 6.23. The first-order chi connectivity index (χ1) is 59.2. The third-order valence-corrected chi connectivity index (χ3v) is 34.3. The molecule has 0 saturated carbocycles. The number of benzene rings is 1. The minimum atomic E-state index is -1.70. The van der Waals surface area contributed by atoms with Gasteiger partial charge in [0.25, 0.3) is 0 Å². The molecule has 25 nitrogen and oxygen atoms in total. The Morgan fingerprint density at radius 2 is 0.831 bits per heavy atom. The number of aromatic amines is 2. The minimum absolute atomic E-state index is 0. The maximum atomic E-state index is 6.23. The van der Waals surface area contributed by atoms with Crippen LogP contribution >= 0.6 is 250 Å². The fourth-order valence-electron chi connectivity index (χ4n) is 9.56. The molecule has 1 aliphatic heterocycles. The van der Waals surface area contributed by atoms with Gasteiger partial charge in [-0.15, -0.1) is 0 Å². The number of aryl methyl sites for hydroxylation is 3. The summed E-state index contributed by atoms with van der Waals surface area (Å²) in [5.74, 6) is 6.20. The van der Waals surface area contributed by atoms with E-state index in [1.807, 2.05) is 121 Å². The Bertz CT molecular complexity index is 4920. The van der Waals surface area contributed by atoms with E-state index < -0.39 is 16.5 Å². The quantitative estimate of drug-likeness (QED) is 0.00895. The molecule has 0 unspecified atom stereocenters. The van der Waals surface area contributed by atoms with E-state index in [1.54, 1.807) is 6.07 Å². The van der Waals surface area contributed by atoms with Gasteiger partial charge in [0.15, 0.2) is 16.5 Å². The predicted octanol–water partition coefficient (Wildman–Crippen LogP) is 30.5. The van der Waals surface area contributed by atoms with Crippen molar-refractivity contribution in [1.29, 1.82) is 0 Å². The zero-order valence-corrected chi connectivity index (χ0v) is 109. The van der Waals surface area contributed by atoms with E-state index in [-0.39, 0.29) is 47.2 Å². The molecule has 0 atom stereocenters. The van der Waals surface area contributed by atoms with Crippen molar-refractivity contribution in [1.82, 2.24) is 73.5 Å². The van der Waals surface area contributed by atoms with E-state index in [9.17, 15) is 0 Å². The third kappa shape index (κ3) is 53.6. The number of aromatic nitrogens is 15. The number of nitrogen functional groups attached to an aromatic ring is 1. The third-order valence-electron chi connectivity index (χ3n) is 17.6. The molecule has 0 spiro atoms. The van der Waals surface area contributed by atoms with E-state index in [0.29, 0.717) is 70.9 Å². The first-order valence-corrected chi connectivity index (χ1v) is 61.6. The Labute approximate surface area is 948 Å². The van der Waals surface area contributed by atoms with Crippen molar-refractivity contribution in [2.75, 3.05) is 94.2 Å². The van der Waals surface area contributed by atoms with Gasteiger partial charge in [0, 0.05) is 161 Å². The van der Waals surface area contributed by atoms with Crippen molar-refractivity contribution >= 4 is 374 Å². The minimum Gasteiger partial charge on any atom is -0.399 e. The normalized spacial score (nSPS) is 11.5. The van der Waals surface area contributed by atoms with E-state index in [1.165, 1.54) is 28.7 Å². The Kier molecular flexibility index (Phi) is 69.3. The number of H-pyrrole nitrogens is 2. The molecule has 13 N–H and O–H groups in total. The van der Waals surface area contributed by atoms with Gasteiger partial charge < -0.3 is 122 Å². The number of nitrogens with two attached hydrogens (primary N) is 2. The number of nitrogens with one attached hydrogen (secondary N) is 9. The number of nitrogens with zero attached hydrogens (tertiary/aromatic N) is 14. The molecule has 1 aliphatic rings. The van der Waals surface area contributed by atoms with Crippen molar-refractivity contribution in [3.05, 3.63) is 107 Å². The zero-order valence-electron chi connectivity index (χ0n) is 82.2. The van der Waals surface area contributed by atoms with Gasteiger partial charge in [-0.05, 0) is 149 Å². The summed E-state index contributed by atoms with van der Waals surface area (Å²) in [5.41, 5.74) is 17.0. The number of hydrogen-bond acceptors (Lipinski definition) is 20. The standard InChI is InChI=1S/C13H21ClN4Si.C13H23N5.C13H21N5.C12H19ClN4Si.C10H13ClN4.C8H7ClN2.C3H5I3.C3H6I2.2C3H6I.C3H7I.C3H9N.CH3I.2V/c1-13(2,3)19(5,6)17-12-15-10(14)9-7-8-18(4)11(9)16-12;2*1-5-7-14-13-16-11(15-9(2)3)10-6-8-18(4)12(10)17-13;1-12(2,3)18(4,5)17-11-15-9(13)8-6-7-14-10(8)16-11;1-3-5-12-10-13-8(11)7-4-6-15(2)9(7)14-10;9-7-3-5(10)4-8-6(7)1-2-11-8;1-3(5,6)2-4;1-3(2,4)5;2*1-3(2)4;1-2-3-4;1-3(2)4;1-2;;/h7-8H,1-6H3,(H,15,16,17);9H,5-8H2,1-4H3,(H2,14,15,16,17);6,8-9H,5,7H2,1-4H3,(H2,14,15,16,17);6-7H,1-5H3,(H2,14,15,16,17);4,6H,3,5H2,1-2H3,(H,12,13,14);1-4,11H,10H2;2H2,1H3;1-2H3;2*1-2H3;2-3H2,1H3;3H,4H2,1-2H3;1H3;;/q;;;;;;;;2*-1;;;;;. The van der Waals surface area contributed by atoms with Crippen LogP contribution in [0.15, 0.2) is 73.4 Å². The van der Waals surface area contributed by atoms with Crippen LogP contribution in [-0.4, -0.2) is 158 Å². The Hall–Kier alpha value is -0.187. The number of halogens is 13. The molecule has 11 heterocycles. The molecule has 11 aromatic rings. The van der Waals surface area contributed by atoms with Crippen molar-refractivity contribution in [3.63, 3.8) is 0 Å². The topological polar surface area (TPSA) is 315 Å². The van der Waals surface area contributed by atoms with Gasteiger partial charge in [-0.2, -0.15) is 62.6 Å². The molecule has 42 heteroatoms. The first kappa shape index (κ1) is 134. The Balaban J connectivity index is -0.00000140. The average Bonchev–Trinajstić information content (AvgIpc) is 1.69. The van der Waals surface area contributed by atoms with Crippen LogP contribution in [0.4, 0.5) is 52.9 Å². The van der Waals surface area contributed by atoms with E-state index in [0.717, 1.165) is 130 Å². The summed E-state index contributed by atoms with van der Waals surface area (Å²) in [6.07, 6.45) is 15.0. The summed E-state index contributed by atoms with van der Waals surface area (Å²) in [5, 5.41) is 23.8. The van der Waals surface area contributed by atoms with E-state index >= 15 is 0 Å². The summed E-state index contributed by atoms with van der Waals surface area (Å²) in [6, 6.07) is 14.4. The molecule has 0 aliphatic carbocycles. The van der Waals surface area contributed by atoms with Crippen LogP contribution in [0.2, 0.25) is 56.7 Å². The van der Waals surface area contributed by atoms with Crippen molar-refractivity contribution in [2.24, 2.45) is 26.9 Å². The molecule has 130 heavy (non-hydrogen) atoms. The molecule has 12 rings (SSSR count). The smallest absolute Gasteiger partial charge is 0.226 e. The zero-order chi connectivity index (χ0) is 98.8. The van der Waals surface area contributed by atoms with Gasteiger partial charge in [0.2, 0.25) is 29.7 Å². The van der Waals surface area contributed by atoms with Crippen LogP contribution in [0.1, 0.15) is 190 Å². The molecule has 0 saturated heterocycles. The molecule has 1 aromatic carbocycles. The van der Waals surface area contributed by atoms with Crippen LogP contribution in [0.5, 0.6) is 0 Å². The van der Waals surface area contributed by atoms with Gasteiger partial charge in [-0.3, -0.25) is 7.85 Å². The number of anilines is 9. The SMILES string of the molecule is CC(C)(C)[Si](C)(C)Nc1nc(Cl)c2cc[nH]c2n1.CC(C)(I)I.CC(C)N.CC(I)(I)CI.CCCI.CCCNc1nc(Cl)c2ccn(C)c2n1.CCCNc1nc(NC(C)C)c2c(n1)N(C)CC2.CCCNc1nc(NC(C)C)c2ccn(C)c2n1.CI.C[C-](C)I.C[C-](C)I.Cn1ccc2c(Cl)nc(N[Si](C)(C)C(C)(C)C)nc21.Nc1cc(Cl)c2cc[nH]c2c1.[V].[V]. The second kappa shape index (κ2) is 67.3. The summed E-state index contributed by atoms with van der Waals surface area (Å²) in [6.45, 7) is 61.9. The second-order valence-electron chi connectivity index (χ2n) is 34.6. The molecule has 2 radical (unpaired) electrons. The van der Waals surface area contributed by atoms with Crippen molar-refractivity contribution in [3.8, 4) is 0 Å². The van der Waals surface area contributed by atoms with Gasteiger partial charge in [0.1, 0.15) is 55.5 Å². The second-order valence-corrected chi connectivity index (χ2v) is 66.5. The van der Waals surface area contributed by atoms with Gasteiger partial charge in [-0.1, -0.05) is 314 Å². The average molecular weight is 3000 g/mol. The van der Waals surface area contributed by atoms with Crippen molar-refractivity contribution in [2.45, 2.75) is 249 Å². The fraction of sp³-hybridized carbons (Fsp3) is 0.568. The fourth-order valence-corrected chi connectivity index (χ4v) is 12.6. The molecular weight excluding hydrogens is 2850 g/mol. The monoisotopic (exact) mass is 2990 g/mol. The number of likely N-dealkylation sites (N-methyl/N-ethyl adjacent to an activating group) is 1. The first-order valence-electron chi connectivity index (χ1n) is 42.4. The van der Waals surface area contributed by atoms with Gasteiger partial charge >= 0.3 is 0 Å². The predicted molar refractivity (Wildman–Crippen MR) is 650 cm³/mol. The van der Waals surface area contributed by atoms with Crippen molar-refractivity contribution < 1.29 is 37.1 Å². The van der Waals surface area contributed by atoms with E-state index in [4.69, 9.17) is 57.9 Å². The summed E-state index contributed by atoms with van der Waals surface area (Å²) < 4.78 is 12.1. The van der Waals surface area contributed by atoms with E-state index in [2.05, 4.69) is 483 Å². The van der Waals surface area contributed by atoms with Gasteiger partial charge in [-0.25, -0.2) is 15.0 Å². The molecule has 0 amide bonds.